The van der Waals surface area contributed by atoms with E-state index >= 15 is 0 Å². The Bertz CT molecular complexity index is 137. The molecule has 0 saturated carbocycles. The van der Waals surface area contributed by atoms with Gasteiger partial charge in [0, 0.05) is 6.42 Å². The molecule has 0 atom stereocenters. The molecule has 3 heteroatoms. The number of rotatable bonds is 10. The van der Waals surface area contributed by atoms with E-state index in [2.05, 4.69) is 12.2 Å². The molecule has 2 N–H and O–H groups in total. The lowest BCUT2D eigenvalue weighted by Gasteiger charge is -2.03. The molecule has 0 aliphatic carbocycles. The van der Waals surface area contributed by atoms with Gasteiger partial charge in [0.1, 0.15) is 0 Å². The molecule has 0 rings (SSSR count). The molecule has 0 aromatic heterocycles. The van der Waals surface area contributed by atoms with Crippen LogP contribution in [-0.4, -0.2) is 24.2 Å². The van der Waals surface area contributed by atoms with E-state index in [-0.39, 0.29) is 0 Å². The van der Waals surface area contributed by atoms with Gasteiger partial charge in [0.25, 0.3) is 0 Å². The predicted molar refractivity (Wildman–Crippen MR) is 58.5 cm³/mol. The third kappa shape index (κ3) is 11.4. The summed E-state index contributed by atoms with van der Waals surface area (Å²) in [7, 11) is 0. The lowest BCUT2D eigenvalue weighted by atomic mass is 10.2. The van der Waals surface area contributed by atoms with Crippen LogP contribution < -0.4 is 5.32 Å². The first kappa shape index (κ1) is 13.4. The summed E-state index contributed by atoms with van der Waals surface area (Å²) in [6.45, 7) is 4.24. The summed E-state index contributed by atoms with van der Waals surface area (Å²) in [5.41, 5.74) is 0. The maximum absolute atomic E-state index is 10.2. The second-order valence-electron chi connectivity index (χ2n) is 3.66. The maximum Gasteiger partial charge on any atom is 0.303 e. The second kappa shape index (κ2) is 10.5. The van der Waals surface area contributed by atoms with Gasteiger partial charge in [-0.3, -0.25) is 4.79 Å². The van der Waals surface area contributed by atoms with Crippen molar-refractivity contribution < 1.29 is 9.90 Å². The molecule has 0 aliphatic rings. The molecule has 0 fully saturated rings. The highest BCUT2D eigenvalue weighted by Crippen LogP contribution is 1.97. The average molecular weight is 201 g/mol. The van der Waals surface area contributed by atoms with E-state index in [1.54, 1.807) is 0 Å². The van der Waals surface area contributed by atoms with Crippen LogP contribution in [0.25, 0.3) is 0 Å². The van der Waals surface area contributed by atoms with E-state index in [9.17, 15) is 4.79 Å². The van der Waals surface area contributed by atoms with E-state index in [4.69, 9.17) is 5.11 Å². The molecule has 0 spiro atoms. The van der Waals surface area contributed by atoms with E-state index in [0.29, 0.717) is 6.42 Å². The minimum atomic E-state index is -0.687. The molecule has 0 aromatic rings. The third-order valence-electron chi connectivity index (χ3n) is 2.20. The summed E-state index contributed by atoms with van der Waals surface area (Å²) in [5, 5.41) is 11.7. The van der Waals surface area contributed by atoms with Crippen molar-refractivity contribution >= 4 is 5.97 Å². The van der Waals surface area contributed by atoms with Crippen LogP contribution in [-0.2, 0) is 4.79 Å². The number of unbranched alkanes of at least 4 members (excludes halogenated alkanes) is 4. The fraction of sp³-hybridized carbons (Fsp3) is 0.909. The van der Waals surface area contributed by atoms with Crippen molar-refractivity contribution in [1.82, 2.24) is 5.32 Å². The summed E-state index contributed by atoms with van der Waals surface area (Å²) < 4.78 is 0. The summed E-state index contributed by atoms with van der Waals surface area (Å²) in [5.74, 6) is -0.687. The van der Waals surface area contributed by atoms with Gasteiger partial charge >= 0.3 is 5.97 Å². The zero-order valence-corrected chi connectivity index (χ0v) is 9.22. The van der Waals surface area contributed by atoms with Crippen LogP contribution >= 0.6 is 0 Å². The van der Waals surface area contributed by atoms with Gasteiger partial charge in [-0.2, -0.15) is 0 Å². The molecule has 0 aromatic carbocycles. The van der Waals surface area contributed by atoms with Crippen LogP contribution in [0.2, 0.25) is 0 Å². The Kier molecular flexibility index (Phi) is 10.1. The number of hydrogen-bond acceptors (Lipinski definition) is 2. The van der Waals surface area contributed by atoms with Crippen LogP contribution in [0.15, 0.2) is 0 Å². The first-order valence-corrected chi connectivity index (χ1v) is 5.70. The van der Waals surface area contributed by atoms with Crippen LogP contribution in [0.1, 0.15) is 51.9 Å². The quantitative estimate of drug-likeness (QED) is 0.534. The van der Waals surface area contributed by atoms with Gasteiger partial charge < -0.3 is 10.4 Å². The number of carbonyl (C=O) groups is 1. The molecule has 0 radical (unpaired) electrons. The van der Waals surface area contributed by atoms with Crippen LogP contribution in [0.3, 0.4) is 0 Å². The van der Waals surface area contributed by atoms with Crippen molar-refractivity contribution in [3.8, 4) is 0 Å². The number of carboxylic acids is 1. The molecular weight excluding hydrogens is 178 g/mol. The monoisotopic (exact) mass is 201 g/mol. The highest BCUT2D eigenvalue weighted by atomic mass is 16.4. The Morgan fingerprint density at radius 1 is 1.07 bits per heavy atom. The predicted octanol–water partition coefficient (Wildman–Crippen LogP) is 2.41. The highest BCUT2D eigenvalue weighted by molar-refractivity contribution is 5.66. The number of nitrogens with one attached hydrogen (secondary N) is 1. The van der Waals surface area contributed by atoms with Crippen LogP contribution in [0.5, 0.6) is 0 Å². The second-order valence-corrected chi connectivity index (χ2v) is 3.66. The Morgan fingerprint density at radius 3 is 2.29 bits per heavy atom. The van der Waals surface area contributed by atoms with Crippen molar-refractivity contribution in [2.75, 3.05) is 13.1 Å². The molecule has 0 aliphatic heterocycles. The van der Waals surface area contributed by atoms with Crippen LogP contribution in [0, 0.1) is 0 Å². The first-order valence-electron chi connectivity index (χ1n) is 5.70. The van der Waals surface area contributed by atoms with Gasteiger partial charge in [-0.15, -0.1) is 0 Å². The molecule has 0 amide bonds. The largest absolute Gasteiger partial charge is 0.481 e. The minimum absolute atomic E-state index is 0.303. The zero-order valence-electron chi connectivity index (χ0n) is 9.22. The number of carboxylic acid groups (broad SMARTS) is 1. The lowest BCUT2D eigenvalue weighted by Crippen LogP contribution is -2.16. The van der Waals surface area contributed by atoms with Gasteiger partial charge in [-0.1, -0.05) is 26.2 Å². The van der Waals surface area contributed by atoms with E-state index in [1.807, 2.05) is 0 Å². The maximum atomic E-state index is 10.2. The fourth-order valence-corrected chi connectivity index (χ4v) is 1.33. The van der Waals surface area contributed by atoms with Crippen LogP contribution in [0.4, 0.5) is 0 Å². The Morgan fingerprint density at radius 2 is 1.71 bits per heavy atom. The van der Waals surface area contributed by atoms with Gasteiger partial charge in [0.15, 0.2) is 0 Å². The summed E-state index contributed by atoms with van der Waals surface area (Å²) in [6.07, 6.45) is 7.21. The average Bonchev–Trinajstić information content (AvgIpc) is 2.15. The van der Waals surface area contributed by atoms with E-state index in [1.165, 1.54) is 25.7 Å². The molecule has 14 heavy (non-hydrogen) atoms. The van der Waals surface area contributed by atoms with Crippen molar-refractivity contribution in [1.29, 1.82) is 0 Å². The summed E-state index contributed by atoms with van der Waals surface area (Å²) in [6, 6.07) is 0. The molecule has 0 bridgehead atoms. The first-order chi connectivity index (χ1) is 6.77. The molecular formula is C11H23NO2. The van der Waals surface area contributed by atoms with Gasteiger partial charge in [-0.25, -0.2) is 0 Å². The standard InChI is InChI=1S/C11H23NO2/c1-2-3-4-6-9-12-10-7-5-8-11(13)14/h12H,2-10H2,1H3,(H,13,14). The number of aliphatic carboxylic acids is 1. The molecule has 0 heterocycles. The van der Waals surface area contributed by atoms with Crippen molar-refractivity contribution in [3.05, 3.63) is 0 Å². The Hall–Kier alpha value is -0.570. The van der Waals surface area contributed by atoms with Crippen molar-refractivity contribution in [3.63, 3.8) is 0 Å². The molecule has 3 nitrogen and oxygen atoms in total. The minimum Gasteiger partial charge on any atom is -0.481 e. The molecule has 0 saturated heterocycles. The summed E-state index contributed by atoms with van der Waals surface area (Å²) in [4.78, 5) is 10.2. The van der Waals surface area contributed by atoms with Gasteiger partial charge in [0.05, 0.1) is 0 Å². The van der Waals surface area contributed by atoms with Gasteiger partial charge in [-0.05, 0) is 32.4 Å². The normalized spacial score (nSPS) is 10.4. The Balaban J connectivity index is 2.88. The van der Waals surface area contributed by atoms with Crippen molar-refractivity contribution in [2.45, 2.75) is 51.9 Å². The van der Waals surface area contributed by atoms with E-state index < -0.39 is 5.97 Å². The molecule has 0 unspecified atom stereocenters. The SMILES string of the molecule is CCCCCCNCCCCC(=O)O. The number of hydrogen-bond donors (Lipinski definition) is 2. The Labute approximate surface area is 86.9 Å². The molecule has 84 valence electrons. The smallest absolute Gasteiger partial charge is 0.303 e. The van der Waals surface area contributed by atoms with Crippen molar-refractivity contribution in [2.24, 2.45) is 0 Å². The highest BCUT2D eigenvalue weighted by Gasteiger charge is 1.95. The zero-order chi connectivity index (χ0) is 10.6. The lowest BCUT2D eigenvalue weighted by molar-refractivity contribution is -0.137. The third-order valence-corrected chi connectivity index (χ3v) is 2.20. The fourth-order valence-electron chi connectivity index (χ4n) is 1.33. The topological polar surface area (TPSA) is 49.3 Å². The van der Waals surface area contributed by atoms with Gasteiger partial charge in [0.2, 0.25) is 0 Å². The van der Waals surface area contributed by atoms with E-state index in [0.717, 1.165) is 25.9 Å². The summed E-state index contributed by atoms with van der Waals surface area (Å²) >= 11 is 0.